The van der Waals surface area contributed by atoms with Crippen LogP contribution in [0.2, 0.25) is 5.02 Å². The lowest BCUT2D eigenvalue weighted by Gasteiger charge is -2.26. The fraction of sp³-hybridized carbons (Fsp3) is 0.333. The molecule has 2 aliphatic rings. The molecular weight excluding hydrogens is 351 g/mol. The quantitative estimate of drug-likeness (QED) is 0.699. The molecule has 1 aliphatic heterocycles. The maximum Gasteiger partial charge on any atom is 0.284 e. The van der Waals surface area contributed by atoms with E-state index >= 15 is 0 Å². The zero-order chi connectivity index (χ0) is 18.1. The van der Waals surface area contributed by atoms with Gasteiger partial charge in [-0.15, -0.1) is 0 Å². The number of hydrogen-bond donors (Lipinski definition) is 0. The second-order valence-electron chi connectivity index (χ2n) is 6.94. The Morgan fingerprint density at radius 2 is 1.85 bits per heavy atom. The number of hydrogen-bond acceptors (Lipinski definition) is 2. The van der Waals surface area contributed by atoms with E-state index in [4.69, 9.17) is 11.6 Å². The smallest absolute Gasteiger partial charge is 0.284 e. The van der Waals surface area contributed by atoms with Crippen LogP contribution in [-0.4, -0.2) is 24.5 Å². The Labute approximate surface area is 157 Å². The van der Waals surface area contributed by atoms with Crippen LogP contribution in [0.25, 0.3) is 0 Å². The molecule has 1 fully saturated rings. The first-order valence-corrected chi connectivity index (χ1v) is 9.40. The fourth-order valence-corrected chi connectivity index (χ4v) is 4.06. The van der Waals surface area contributed by atoms with Crippen molar-refractivity contribution in [2.45, 2.75) is 32.0 Å². The van der Waals surface area contributed by atoms with Crippen LogP contribution in [0.5, 0.6) is 0 Å². The first kappa shape index (κ1) is 17.2. The van der Waals surface area contributed by atoms with Gasteiger partial charge in [-0.25, -0.2) is 9.38 Å². The maximum absolute atomic E-state index is 14.8. The summed E-state index contributed by atoms with van der Waals surface area (Å²) in [6.07, 6.45) is 2.60. The molecule has 0 spiro atoms. The van der Waals surface area contributed by atoms with Gasteiger partial charge < -0.3 is 4.90 Å². The molecule has 1 aliphatic carbocycles. The summed E-state index contributed by atoms with van der Waals surface area (Å²) in [6.45, 7) is 0.533. The highest BCUT2D eigenvalue weighted by atomic mass is 35.5. The topological polar surface area (TPSA) is 32.7 Å². The third-order valence-corrected chi connectivity index (χ3v) is 5.41. The summed E-state index contributed by atoms with van der Waals surface area (Å²) in [5, 5.41) is 0.540. The molecule has 1 amide bonds. The van der Waals surface area contributed by atoms with Crippen molar-refractivity contribution in [3.63, 3.8) is 0 Å². The van der Waals surface area contributed by atoms with E-state index in [1.165, 1.54) is 12.8 Å². The van der Waals surface area contributed by atoms with Crippen LogP contribution < -0.4 is 4.90 Å². The van der Waals surface area contributed by atoms with E-state index in [2.05, 4.69) is 4.99 Å². The molecule has 2 aromatic rings. The number of amides is 1. The highest BCUT2D eigenvalue weighted by molar-refractivity contribution is 6.32. The van der Waals surface area contributed by atoms with Crippen molar-refractivity contribution in [3.05, 3.63) is 64.7 Å². The van der Waals surface area contributed by atoms with Gasteiger partial charge in [-0.2, -0.15) is 0 Å². The summed E-state index contributed by atoms with van der Waals surface area (Å²) in [6, 6.07) is 14.7. The predicted molar refractivity (Wildman–Crippen MR) is 103 cm³/mol. The summed E-state index contributed by atoms with van der Waals surface area (Å²) < 4.78 is 14.8. The van der Waals surface area contributed by atoms with Crippen molar-refractivity contribution in [2.24, 2.45) is 10.9 Å². The van der Waals surface area contributed by atoms with E-state index in [1.54, 1.807) is 23.1 Å². The van der Waals surface area contributed by atoms with Crippen LogP contribution in [0.3, 0.4) is 0 Å². The van der Waals surface area contributed by atoms with Gasteiger partial charge in [0.1, 0.15) is 0 Å². The van der Waals surface area contributed by atoms with Crippen LogP contribution in [0.4, 0.5) is 10.1 Å². The molecular formula is C21H20ClFN2O. The van der Waals surface area contributed by atoms with Crippen LogP contribution in [0.1, 0.15) is 36.8 Å². The minimum atomic E-state index is -1.90. The summed E-state index contributed by atoms with van der Waals surface area (Å²) in [5.74, 6) is -0.181. The zero-order valence-electron chi connectivity index (χ0n) is 14.4. The number of benzodiazepines with no additional fused rings is 1. The molecule has 5 heteroatoms. The molecule has 1 unspecified atom stereocenters. The van der Waals surface area contributed by atoms with Crippen molar-refractivity contribution < 1.29 is 9.18 Å². The molecule has 1 heterocycles. The van der Waals surface area contributed by atoms with Crippen molar-refractivity contribution in [1.29, 1.82) is 0 Å². The van der Waals surface area contributed by atoms with Crippen LogP contribution in [-0.2, 0) is 4.79 Å². The number of rotatable bonds is 3. The number of anilines is 1. The Bertz CT molecular complexity index is 846. The average molecular weight is 371 g/mol. The van der Waals surface area contributed by atoms with Crippen LogP contribution >= 0.6 is 11.6 Å². The van der Waals surface area contributed by atoms with Gasteiger partial charge in [0.15, 0.2) is 0 Å². The second-order valence-corrected chi connectivity index (χ2v) is 7.38. The monoisotopic (exact) mass is 370 g/mol. The van der Waals surface area contributed by atoms with Crippen LogP contribution in [0, 0.1) is 5.92 Å². The second kappa shape index (κ2) is 7.20. The Morgan fingerprint density at radius 1 is 1.12 bits per heavy atom. The van der Waals surface area contributed by atoms with Crippen LogP contribution in [0.15, 0.2) is 53.5 Å². The van der Waals surface area contributed by atoms with Gasteiger partial charge in [0.25, 0.3) is 12.2 Å². The SMILES string of the molecule is O=C1C(F)N=C(c2ccccc2)c2cc(Cl)ccc2N1CC1CCCC1. The lowest BCUT2D eigenvalue weighted by Crippen LogP contribution is -2.39. The lowest BCUT2D eigenvalue weighted by atomic mass is 9.99. The first-order valence-electron chi connectivity index (χ1n) is 9.02. The molecule has 0 radical (unpaired) electrons. The van der Waals surface area contributed by atoms with Gasteiger partial charge in [0, 0.05) is 22.7 Å². The standard InChI is InChI=1S/C21H20ClFN2O/c22-16-10-11-18-17(12-16)19(15-8-2-1-3-9-15)24-20(23)21(26)25(18)13-14-6-4-5-7-14/h1-3,8-12,14,20H,4-7,13H2. The Balaban J connectivity index is 1.83. The van der Waals surface area contributed by atoms with Gasteiger partial charge >= 0.3 is 0 Å². The zero-order valence-corrected chi connectivity index (χ0v) is 15.1. The number of alkyl halides is 1. The molecule has 3 nitrogen and oxygen atoms in total. The number of nitrogens with zero attached hydrogens (tertiary/aromatic N) is 2. The third-order valence-electron chi connectivity index (χ3n) is 5.18. The molecule has 1 saturated carbocycles. The van der Waals surface area contributed by atoms with Crippen molar-refractivity contribution in [3.8, 4) is 0 Å². The maximum atomic E-state index is 14.8. The number of aliphatic imine (C=N–C) groups is 1. The molecule has 0 bridgehead atoms. The van der Waals surface area contributed by atoms with E-state index in [1.807, 2.05) is 30.3 Å². The average Bonchev–Trinajstić information content (AvgIpc) is 3.14. The van der Waals surface area contributed by atoms with Gasteiger partial charge in [0.2, 0.25) is 0 Å². The van der Waals surface area contributed by atoms with E-state index < -0.39 is 12.2 Å². The number of fused-ring (bicyclic) bond motifs is 1. The summed E-state index contributed by atoms with van der Waals surface area (Å²) in [7, 11) is 0. The van der Waals surface area contributed by atoms with Gasteiger partial charge in [0.05, 0.1) is 11.4 Å². The lowest BCUT2D eigenvalue weighted by molar-refractivity contribution is -0.123. The molecule has 0 saturated heterocycles. The van der Waals surface area contributed by atoms with Crippen molar-refractivity contribution in [1.82, 2.24) is 0 Å². The van der Waals surface area contributed by atoms with E-state index in [0.29, 0.717) is 34.4 Å². The van der Waals surface area contributed by atoms with E-state index in [-0.39, 0.29) is 0 Å². The Kier molecular flexibility index (Phi) is 4.77. The minimum Gasteiger partial charge on any atom is -0.307 e. The number of halogens is 2. The summed E-state index contributed by atoms with van der Waals surface area (Å²) in [4.78, 5) is 18.5. The van der Waals surface area contributed by atoms with Crippen molar-refractivity contribution in [2.75, 3.05) is 11.4 Å². The molecule has 0 N–H and O–H groups in total. The molecule has 26 heavy (non-hydrogen) atoms. The molecule has 1 atom stereocenters. The Morgan fingerprint density at radius 3 is 2.58 bits per heavy atom. The largest absolute Gasteiger partial charge is 0.307 e. The highest BCUT2D eigenvalue weighted by Crippen LogP contribution is 2.34. The molecule has 0 aromatic heterocycles. The van der Waals surface area contributed by atoms with E-state index in [0.717, 1.165) is 18.4 Å². The number of benzene rings is 2. The number of carbonyl (C=O) groups is 1. The normalized spacial score (nSPS) is 20.7. The number of carbonyl (C=O) groups excluding carboxylic acids is 1. The fourth-order valence-electron chi connectivity index (χ4n) is 3.88. The molecule has 4 rings (SSSR count). The summed E-state index contributed by atoms with van der Waals surface area (Å²) in [5.41, 5.74) is 2.64. The van der Waals surface area contributed by atoms with Gasteiger partial charge in [-0.05, 0) is 37.0 Å². The van der Waals surface area contributed by atoms with E-state index in [9.17, 15) is 9.18 Å². The van der Waals surface area contributed by atoms with Crippen molar-refractivity contribution >= 4 is 28.9 Å². The summed E-state index contributed by atoms with van der Waals surface area (Å²) >= 11 is 6.22. The third kappa shape index (κ3) is 3.26. The predicted octanol–water partition coefficient (Wildman–Crippen LogP) is 5.01. The first-order chi connectivity index (χ1) is 12.6. The highest BCUT2D eigenvalue weighted by Gasteiger charge is 2.33. The molecule has 134 valence electrons. The molecule has 2 aromatic carbocycles. The van der Waals surface area contributed by atoms with Gasteiger partial charge in [-0.3, -0.25) is 4.79 Å². The Hall–Kier alpha value is -2.20. The minimum absolute atomic E-state index is 0.410. The van der Waals surface area contributed by atoms with Gasteiger partial charge in [-0.1, -0.05) is 54.8 Å².